The van der Waals surface area contributed by atoms with Crippen molar-refractivity contribution in [1.29, 1.82) is 0 Å². The topological polar surface area (TPSA) is 107 Å². The number of carbonyl (C=O) groups is 1. The van der Waals surface area contributed by atoms with Crippen molar-refractivity contribution in [2.24, 2.45) is 0 Å². The van der Waals surface area contributed by atoms with E-state index in [4.69, 9.17) is 10.8 Å². The Kier molecular flexibility index (Phi) is 2.50. The van der Waals surface area contributed by atoms with Gasteiger partial charge in [0.25, 0.3) is 0 Å². The van der Waals surface area contributed by atoms with Crippen LogP contribution in [0.4, 0.5) is 5.69 Å². The molecule has 0 saturated carbocycles. The Bertz CT molecular complexity index is 522. The average Bonchev–Trinajstić information content (AvgIpc) is 2.65. The summed E-state index contributed by atoms with van der Waals surface area (Å²) < 4.78 is 0. The lowest BCUT2D eigenvalue weighted by Gasteiger charge is -1.95. The first-order valence-corrected chi connectivity index (χ1v) is 4.50. The summed E-state index contributed by atoms with van der Waals surface area (Å²) in [5, 5.41) is 19.8. The van der Waals surface area contributed by atoms with E-state index in [1.54, 1.807) is 24.3 Å². The van der Waals surface area contributed by atoms with Crippen molar-refractivity contribution < 1.29 is 9.90 Å². The molecule has 0 aliphatic heterocycles. The maximum Gasteiger partial charge on any atom is 0.327 e. The molecule has 2 rings (SSSR count). The fourth-order valence-electron chi connectivity index (χ4n) is 1.22. The zero-order chi connectivity index (χ0) is 11.5. The van der Waals surface area contributed by atoms with Crippen LogP contribution in [0.25, 0.3) is 11.4 Å². The summed E-state index contributed by atoms with van der Waals surface area (Å²) in [5.74, 6) is -0.662. The molecule has 0 bridgehead atoms. The quantitative estimate of drug-likeness (QED) is 0.704. The molecule has 7 nitrogen and oxygen atoms in total. The molecule has 1 heterocycles. The molecule has 0 spiro atoms. The Morgan fingerprint density at radius 3 is 3.00 bits per heavy atom. The number of hydrogen-bond donors (Lipinski definition) is 2. The third kappa shape index (κ3) is 2.14. The third-order valence-electron chi connectivity index (χ3n) is 1.87. The molecular formula is C9H9N5O2. The van der Waals surface area contributed by atoms with Crippen LogP contribution in [0.3, 0.4) is 0 Å². The first-order valence-electron chi connectivity index (χ1n) is 4.50. The number of aromatic nitrogens is 4. The lowest BCUT2D eigenvalue weighted by Crippen LogP contribution is -2.11. The highest BCUT2D eigenvalue weighted by Gasteiger charge is 2.07. The lowest BCUT2D eigenvalue weighted by atomic mass is 10.2. The van der Waals surface area contributed by atoms with Gasteiger partial charge < -0.3 is 10.8 Å². The molecule has 3 N–H and O–H groups in total. The molecule has 0 atom stereocenters. The zero-order valence-electron chi connectivity index (χ0n) is 8.24. The summed E-state index contributed by atoms with van der Waals surface area (Å²) in [6.07, 6.45) is 0. The number of tetrazole rings is 1. The first-order chi connectivity index (χ1) is 7.65. The van der Waals surface area contributed by atoms with Crippen LogP contribution >= 0.6 is 0 Å². The predicted octanol–water partition coefficient (Wildman–Crippen LogP) is 0.00690. The van der Waals surface area contributed by atoms with Crippen LogP contribution in [0.2, 0.25) is 0 Å². The molecular weight excluding hydrogens is 210 g/mol. The van der Waals surface area contributed by atoms with Gasteiger partial charge in [0, 0.05) is 11.3 Å². The van der Waals surface area contributed by atoms with Crippen molar-refractivity contribution in [3.63, 3.8) is 0 Å². The van der Waals surface area contributed by atoms with Crippen molar-refractivity contribution in [3.8, 4) is 11.4 Å². The molecule has 16 heavy (non-hydrogen) atoms. The zero-order valence-corrected chi connectivity index (χ0v) is 8.24. The van der Waals surface area contributed by atoms with Gasteiger partial charge in [-0.1, -0.05) is 12.1 Å². The molecule has 0 radical (unpaired) electrons. The van der Waals surface area contributed by atoms with Crippen LogP contribution < -0.4 is 5.73 Å². The second kappa shape index (κ2) is 3.97. The van der Waals surface area contributed by atoms with Crippen molar-refractivity contribution in [3.05, 3.63) is 24.3 Å². The van der Waals surface area contributed by atoms with E-state index < -0.39 is 5.97 Å². The smallest absolute Gasteiger partial charge is 0.327 e. The summed E-state index contributed by atoms with van der Waals surface area (Å²) >= 11 is 0. The van der Waals surface area contributed by atoms with E-state index >= 15 is 0 Å². The average molecular weight is 219 g/mol. The minimum absolute atomic E-state index is 0.310. The number of anilines is 1. The molecule has 0 aliphatic rings. The van der Waals surface area contributed by atoms with Crippen molar-refractivity contribution in [1.82, 2.24) is 20.2 Å². The van der Waals surface area contributed by atoms with Crippen LogP contribution in [-0.2, 0) is 11.3 Å². The minimum atomic E-state index is -1.02. The van der Waals surface area contributed by atoms with Gasteiger partial charge in [-0.25, -0.2) is 0 Å². The highest BCUT2D eigenvalue weighted by atomic mass is 16.4. The highest BCUT2D eigenvalue weighted by Crippen LogP contribution is 2.16. The van der Waals surface area contributed by atoms with Gasteiger partial charge >= 0.3 is 5.97 Å². The van der Waals surface area contributed by atoms with Gasteiger partial charge in [0.15, 0.2) is 6.54 Å². The van der Waals surface area contributed by atoms with Gasteiger partial charge in [-0.3, -0.25) is 4.79 Å². The fraction of sp³-hybridized carbons (Fsp3) is 0.111. The molecule has 0 unspecified atom stereocenters. The van der Waals surface area contributed by atoms with E-state index in [1.165, 1.54) is 0 Å². The molecule has 82 valence electrons. The number of nitrogens with zero attached hydrogens (tertiary/aromatic N) is 4. The number of nitrogen functional groups attached to an aromatic ring is 1. The lowest BCUT2D eigenvalue weighted by molar-refractivity contribution is -0.138. The standard InChI is InChI=1S/C9H9N5O2/c10-7-3-1-2-6(4-7)9-11-13-14(12-9)5-8(15)16/h1-4H,5,10H2,(H,15,16). The summed E-state index contributed by atoms with van der Waals surface area (Å²) in [5.41, 5.74) is 6.90. The summed E-state index contributed by atoms with van der Waals surface area (Å²) in [6.45, 7) is -0.310. The number of rotatable bonds is 3. The maximum atomic E-state index is 10.4. The van der Waals surface area contributed by atoms with Gasteiger partial charge in [-0.15, -0.1) is 10.2 Å². The van der Waals surface area contributed by atoms with E-state index in [0.717, 1.165) is 4.80 Å². The Hall–Kier alpha value is -2.44. The largest absolute Gasteiger partial charge is 0.480 e. The summed E-state index contributed by atoms with van der Waals surface area (Å²) in [6, 6.07) is 6.98. The SMILES string of the molecule is Nc1cccc(-c2nnn(CC(=O)O)n2)c1. The molecule has 2 aromatic rings. The van der Waals surface area contributed by atoms with Gasteiger partial charge in [0.1, 0.15) is 0 Å². The number of hydrogen-bond acceptors (Lipinski definition) is 5. The van der Waals surface area contributed by atoms with E-state index in [0.29, 0.717) is 17.1 Å². The van der Waals surface area contributed by atoms with E-state index in [-0.39, 0.29) is 6.54 Å². The maximum absolute atomic E-state index is 10.4. The predicted molar refractivity (Wildman–Crippen MR) is 55.3 cm³/mol. The second-order valence-electron chi connectivity index (χ2n) is 3.16. The van der Waals surface area contributed by atoms with Gasteiger partial charge in [-0.2, -0.15) is 4.80 Å². The van der Waals surface area contributed by atoms with Crippen LogP contribution in [0, 0.1) is 0 Å². The monoisotopic (exact) mass is 219 g/mol. The molecule has 0 fully saturated rings. The molecule has 7 heteroatoms. The van der Waals surface area contributed by atoms with Gasteiger partial charge in [0.2, 0.25) is 5.82 Å². The number of carboxylic acids is 1. The van der Waals surface area contributed by atoms with E-state index in [1.807, 2.05) is 0 Å². The normalized spacial score (nSPS) is 10.2. The van der Waals surface area contributed by atoms with Gasteiger partial charge in [0.05, 0.1) is 0 Å². The van der Waals surface area contributed by atoms with E-state index in [9.17, 15) is 4.79 Å². The summed E-state index contributed by atoms with van der Waals surface area (Å²) in [7, 11) is 0. The van der Waals surface area contributed by atoms with Crippen molar-refractivity contribution >= 4 is 11.7 Å². The minimum Gasteiger partial charge on any atom is -0.480 e. The second-order valence-corrected chi connectivity index (χ2v) is 3.16. The number of carboxylic acid groups (broad SMARTS) is 1. The van der Waals surface area contributed by atoms with Crippen LogP contribution in [-0.4, -0.2) is 31.3 Å². The fourth-order valence-corrected chi connectivity index (χ4v) is 1.22. The van der Waals surface area contributed by atoms with Crippen molar-refractivity contribution in [2.75, 3.05) is 5.73 Å². The number of nitrogens with two attached hydrogens (primary N) is 1. The van der Waals surface area contributed by atoms with Gasteiger partial charge in [-0.05, 0) is 17.3 Å². The molecule has 1 aromatic carbocycles. The molecule has 1 aromatic heterocycles. The van der Waals surface area contributed by atoms with Crippen LogP contribution in [0.1, 0.15) is 0 Å². The Morgan fingerprint density at radius 2 is 2.31 bits per heavy atom. The van der Waals surface area contributed by atoms with Crippen molar-refractivity contribution in [2.45, 2.75) is 6.54 Å². The Labute approximate surface area is 90.5 Å². The summed E-state index contributed by atoms with van der Waals surface area (Å²) in [4.78, 5) is 11.4. The van der Waals surface area contributed by atoms with Crippen LogP contribution in [0.15, 0.2) is 24.3 Å². The Morgan fingerprint density at radius 1 is 1.50 bits per heavy atom. The number of aliphatic carboxylic acids is 1. The molecule has 0 saturated heterocycles. The molecule has 0 aliphatic carbocycles. The number of benzene rings is 1. The van der Waals surface area contributed by atoms with E-state index in [2.05, 4.69) is 15.4 Å². The van der Waals surface area contributed by atoms with Crippen LogP contribution in [0.5, 0.6) is 0 Å². The molecule has 0 amide bonds. The highest BCUT2D eigenvalue weighted by molar-refractivity contribution is 5.66. The third-order valence-corrected chi connectivity index (χ3v) is 1.87. The first kappa shape index (κ1) is 10.1. The Balaban J connectivity index is 2.28.